The normalized spacial score (nSPS) is 18.1. The Kier molecular flexibility index (Phi) is 5.80. The van der Waals surface area contributed by atoms with Crippen LogP contribution in [-0.4, -0.2) is 61.9 Å². The van der Waals surface area contributed by atoms with Crippen molar-refractivity contribution in [1.82, 2.24) is 20.0 Å². The average molecular weight is 303 g/mol. The largest absolute Gasteiger partial charge is 0.350 e. The Morgan fingerprint density at radius 3 is 2.80 bits per heavy atom. The molecule has 1 fully saturated rings. The molecule has 0 spiro atoms. The van der Waals surface area contributed by atoms with E-state index in [0.717, 1.165) is 25.2 Å². The van der Waals surface area contributed by atoms with Crippen molar-refractivity contribution >= 4 is 11.6 Å². The summed E-state index contributed by atoms with van der Waals surface area (Å²) in [6, 6.07) is 0.0651. The third kappa shape index (κ3) is 3.93. The Balaban J connectivity index is 2.08. The van der Waals surface area contributed by atoms with E-state index >= 15 is 0 Å². The lowest BCUT2D eigenvalue weighted by atomic mass is 10.1. The molecule has 0 aromatic carbocycles. The van der Waals surface area contributed by atoms with Crippen molar-refractivity contribution in [2.45, 2.75) is 25.3 Å². The molecule has 1 aromatic rings. The highest BCUT2D eigenvalue weighted by Crippen LogP contribution is 2.27. The third-order valence-electron chi connectivity index (χ3n) is 3.39. The number of nitrogens with one attached hydrogen (secondary N) is 1. The highest BCUT2D eigenvalue weighted by Gasteiger charge is 2.25. The van der Waals surface area contributed by atoms with E-state index in [1.54, 1.807) is 6.20 Å². The second kappa shape index (κ2) is 7.38. The van der Waals surface area contributed by atoms with E-state index in [2.05, 4.69) is 15.3 Å². The predicted molar refractivity (Wildman–Crippen MR) is 77.9 cm³/mol. The van der Waals surface area contributed by atoms with Crippen LogP contribution in [-0.2, 0) is 16.0 Å². The van der Waals surface area contributed by atoms with Crippen molar-refractivity contribution in [1.29, 1.82) is 0 Å². The molecule has 7 heteroatoms. The van der Waals surface area contributed by atoms with Crippen molar-refractivity contribution in [3.8, 4) is 0 Å². The third-order valence-corrected chi connectivity index (χ3v) is 3.68. The maximum Gasteiger partial charge on any atom is 0.159 e. The number of hydrogen-bond acceptors (Lipinski definition) is 5. The maximum absolute atomic E-state index is 6.30. The van der Waals surface area contributed by atoms with Crippen LogP contribution >= 0.6 is 11.6 Å². The van der Waals surface area contributed by atoms with Gasteiger partial charge in [-0.3, -0.25) is 4.68 Å². The summed E-state index contributed by atoms with van der Waals surface area (Å²) in [7, 11) is 6.00. The van der Waals surface area contributed by atoms with Gasteiger partial charge in [0.1, 0.15) is 0 Å². The molecule has 0 saturated carbocycles. The van der Waals surface area contributed by atoms with E-state index in [4.69, 9.17) is 21.1 Å². The number of nitrogens with zero attached hydrogens (tertiary/aromatic N) is 3. The number of halogens is 1. The molecule has 6 nitrogen and oxygen atoms in total. The summed E-state index contributed by atoms with van der Waals surface area (Å²) < 4.78 is 13.0. The number of aromatic nitrogens is 2. The SMILES string of the molecule is CNC(CC1OCCO1)c1c(Cl)cnn1CCN(C)C. The second-order valence-corrected chi connectivity index (χ2v) is 5.56. The minimum absolute atomic E-state index is 0.0651. The van der Waals surface area contributed by atoms with E-state index in [1.165, 1.54) is 0 Å². The number of rotatable bonds is 7. The van der Waals surface area contributed by atoms with Gasteiger partial charge in [-0.1, -0.05) is 11.6 Å². The first-order chi connectivity index (χ1) is 9.61. The average Bonchev–Trinajstić information content (AvgIpc) is 3.03. The fourth-order valence-electron chi connectivity index (χ4n) is 2.29. The van der Waals surface area contributed by atoms with Gasteiger partial charge in [0.05, 0.1) is 42.7 Å². The Morgan fingerprint density at radius 1 is 1.50 bits per heavy atom. The highest BCUT2D eigenvalue weighted by molar-refractivity contribution is 6.31. The lowest BCUT2D eigenvalue weighted by Gasteiger charge is -2.21. The Bertz CT molecular complexity index is 419. The summed E-state index contributed by atoms with van der Waals surface area (Å²) in [5, 5.41) is 8.33. The Hall–Kier alpha value is -0.660. The molecule has 1 aliphatic heterocycles. The van der Waals surface area contributed by atoms with Crippen molar-refractivity contribution in [2.75, 3.05) is 40.9 Å². The van der Waals surface area contributed by atoms with Crippen molar-refractivity contribution < 1.29 is 9.47 Å². The number of likely N-dealkylation sites (N-methyl/N-ethyl adjacent to an activating group) is 1. The smallest absolute Gasteiger partial charge is 0.159 e. The van der Waals surface area contributed by atoms with Gasteiger partial charge in [-0.2, -0.15) is 5.10 Å². The van der Waals surface area contributed by atoms with Gasteiger partial charge in [0.15, 0.2) is 6.29 Å². The van der Waals surface area contributed by atoms with Gasteiger partial charge in [0, 0.05) is 13.0 Å². The van der Waals surface area contributed by atoms with Gasteiger partial charge in [-0.25, -0.2) is 0 Å². The van der Waals surface area contributed by atoms with Gasteiger partial charge < -0.3 is 19.7 Å². The zero-order valence-electron chi connectivity index (χ0n) is 12.3. The Morgan fingerprint density at radius 2 is 2.20 bits per heavy atom. The quantitative estimate of drug-likeness (QED) is 0.818. The van der Waals surface area contributed by atoms with E-state index in [9.17, 15) is 0 Å². The molecule has 0 aliphatic carbocycles. The molecule has 1 atom stereocenters. The molecular formula is C13H23ClN4O2. The van der Waals surface area contributed by atoms with E-state index in [-0.39, 0.29) is 12.3 Å². The maximum atomic E-state index is 6.30. The first-order valence-corrected chi connectivity index (χ1v) is 7.26. The molecule has 1 aliphatic rings. The fraction of sp³-hybridized carbons (Fsp3) is 0.769. The molecule has 2 heterocycles. The zero-order chi connectivity index (χ0) is 14.5. The molecule has 0 bridgehead atoms. The van der Waals surface area contributed by atoms with Crippen LogP contribution in [0.4, 0.5) is 0 Å². The molecule has 2 rings (SSSR count). The fourth-order valence-corrected chi connectivity index (χ4v) is 2.57. The van der Waals surface area contributed by atoms with E-state index in [0.29, 0.717) is 18.2 Å². The van der Waals surface area contributed by atoms with Gasteiger partial charge >= 0.3 is 0 Å². The number of hydrogen-bond donors (Lipinski definition) is 1. The first-order valence-electron chi connectivity index (χ1n) is 6.88. The first kappa shape index (κ1) is 15.7. The standard InChI is InChI=1S/C13H23ClN4O2/c1-15-11(8-12-19-6-7-20-12)13-10(14)9-16-18(13)5-4-17(2)3/h9,11-12,15H,4-8H2,1-3H3. The second-order valence-electron chi connectivity index (χ2n) is 5.15. The molecule has 1 N–H and O–H groups in total. The zero-order valence-corrected chi connectivity index (χ0v) is 13.1. The summed E-state index contributed by atoms with van der Waals surface area (Å²) in [6.45, 7) is 3.04. The summed E-state index contributed by atoms with van der Waals surface area (Å²) >= 11 is 6.30. The highest BCUT2D eigenvalue weighted by atomic mass is 35.5. The molecule has 0 amide bonds. The molecule has 20 heavy (non-hydrogen) atoms. The van der Waals surface area contributed by atoms with Crippen LogP contribution in [0.3, 0.4) is 0 Å². The van der Waals surface area contributed by atoms with Crippen LogP contribution in [0.2, 0.25) is 5.02 Å². The van der Waals surface area contributed by atoms with Crippen LogP contribution in [0.25, 0.3) is 0 Å². The minimum atomic E-state index is -0.166. The molecule has 1 saturated heterocycles. The van der Waals surface area contributed by atoms with Gasteiger partial charge in [0.2, 0.25) is 0 Å². The van der Waals surface area contributed by atoms with Gasteiger partial charge in [-0.15, -0.1) is 0 Å². The molecule has 0 radical (unpaired) electrons. The molecule has 114 valence electrons. The van der Waals surface area contributed by atoms with Crippen molar-refractivity contribution in [3.05, 3.63) is 16.9 Å². The minimum Gasteiger partial charge on any atom is -0.350 e. The molecular weight excluding hydrogens is 280 g/mol. The number of ether oxygens (including phenoxy) is 2. The molecule has 1 unspecified atom stereocenters. The summed E-state index contributed by atoms with van der Waals surface area (Å²) in [6.07, 6.45) is 2.26. The topological polar surface area (TPSA) is 51.5 Å². The summed E-state index contributed by atoms with van der Waals surface area (Å²) in [5.74, 6) is 0. The van der Waals surface area contributed by atoms with Crippen LogP contribution < -0.4 is 5.32 Å². The lowest BCUT2D eigenvalue weighted by molar-refractivity contribution is -0.0530. The van der Waals surface area contributed by atoms with Gasteiger partial charge in [-0.05, 0) is 21.1 Å². The van der Waals surface area contributed by atoms with Gasteiger partial charge in [0.25, 0.3) is 0 Å². The Labute approximate surface area is 125 Å². The summed E-state index contributed by atoms with van der Waals surface area (Å²) in [5.41, 5.74) is 0.995. The monoisotopic (exact) mass is 302 g/mol. The van der Waals surface area contributed by atoms with Crippen LogP contribution in [0.15, 0.2) is 6.20 Å². The van der Waals surface area contributed by atoms with Crippen LogP contribution in [0.5, 0.6) is 0 Å². The lowest BCUT2D eigenvalue weighted by Crippen LogP contribution is -2.27. The van der Waals surface area contributed by atoms with Crippen molar-refractivity contribution in [3.63, 3.8) is 0 Å². The summed E-state index contributed by atoms with van der Waals surface area (Å²) in [4.78, 5) is 2.12. The van der Waals surface area contributed by atoms with Crippen LogP contribution in [0, 0.1) is 0 Å². The predicted octanol–water partition coefficient (Wildman–Crippen LogP) is 1.12. The van der Waals surface area contributed by atoms with E-state index in [1.807, 2.05) is 25.8 Å². The molecule has 1 aromatic heterocycles. The van der Waals surface area contributed by atoms with Crippen LogP contribution in [0.1, 0.15) is 18.2 Å². The van der Waals surface area contributed by atoms with Crippen molar-refractivity contribution in [2.24, 2.45) is 0 Å². The van der Waals surface area contributed by atoms with E-state index < -0.39 is 0 Å².